The first kappa shape index (κ1) is 23.7. The molecule has 0 aromatic carbocycles. The molecule has 1 saturated heterocycles. The summed E-state index contributed by atoms with van der Waals surface area (Å²) in [6, 6.07) is -0.969. The molecule has 0 radical (unpaired) electrons. The Bertz CT molecular complexity index is 464. The summed E-state index contributed by atoms with van der Waals surface area (Å²) >= 11 is 0. The number of amides is 2. The van der Waals surface area contributed by atoms with Gasteiger partial charge in [0.1, 0.15) is 24.4 Å². The van der Waals surface area contributed by atoms with Gasteiger partial charge in [0.15, 0.2) is 6.29 Å². The molecular formula is C17H32N2O8. The van der Waals surface area contributed by atoms with Crippen molar-refractivity contribution in [3.8, 4) is 0 Å². The predicted molar refractivity (Wildman–Crippen MR) is 94.4 cm³/mol. The van der Waals surface area contributed by atoms with Gasteiger partial charge in [-0.2, -0.15) is 0 Å². The van der Waals surface area contributed by atoms with Crippen molar-refractivity contribution in [2.75, 3.05) is 26.4 Å². The molecule has 6 atom stereocenters. The van der Waals surface area contributed by atoms with E-state index in [2.05, 4.69) is 10.6 Å². The maximum atomic E-state index is 11.7. The quantitative estimate of drug-likeness (QED) is 0.218. The summed E-state index contributed by atoms with van der Waals surface area (Å²) in [5.74, 6) is -0.522. The van der Waals surface area contributed by atoms with Crippen LogP contribution in [0.5, 0.6) is 0 Å². The second kappa shape index (κ2) is 12.2. The average molecular weight is 392 g/mol. The van der Waals surface area contributed by atoms with Crippen molar-refractivity contribution < 1.29 is 39.5 Å². The summed E-state index contributed by atoms with van der Waals surface area (Å²) in [5, 5.41) is 43.4. The molecule has 10 nitrogen and oxygen atoms in total. The molecule has 1 fully saturated rings. The van der Waals surface area contributed by atoms with Crippen molar-refractivity contribution in [2.24, 2.45) is 5.92 Å². The first-order valence-electron chi connectivity index (χ1n) is 9.18. The molecule has 1 aliphatic heterocycles. The maximum absolute atomic E-state index is 11.7. The number of aliphatic hydroxyl groups excluding tert-OH is 4. The highest BCUT2D eigenvalue weighted by Gasteiger charge is 2.45. The third-order valence-corrected chi connectivity index (χ3v) is 4.29. The zero-order valence-electron chi connectivity index (χ0n) is 15.8. The number of carbonyl (C=O) groups excluding carboxylic acids is 2. The minimum absolute atomic E-state index is 0.00712. The average Bonchev–Trinajstić information content (AvgIpc) is 2.64. The van der Waals surface area contributed by atoms with Crippen LogP contribution >= 0.6 is 0 Å². The van der Waals surface area contributed by atoms with E-state index in [1.54, 1.807) is 0 Å². The van der Waals surface area contributed by atoms with E-state index < -0.39 is 43.2 Å². The molecule has 0 spiro atoms. The number of nitrogens with one attached hydrogen (secondary N) is 2. The zero-order valence-corrected chi connectivity index (χ0v) is 15.8. The predicted octanol–water partition coefficient (Wildman–Crippen LogP) is -2.14. The topological polar surface area (TPSA) is 158 Å². The Morgan fingerprint density at radius 1 is 1.19 bits per heavy atom. The Morgan fingerprint density at radius 3 is 2.48 bits per heavy atom. The summed E-state index contributed by atoms with van der Waals surface area (Å²) < 4.78 is 11.0. The van der Waals surface area contributed by atoms with Crippen molar-refractivity contribution in [3.05, 3.63) is 0 Å². The second-order valence-electron chi connectivity index (χ2n) is 6.85. The molecule has 158 valence electrons. The lowest BCUT2D eigenvalue weighted by Crippen LogP contribution is -2.64. The number of ether oxygens (including phenoxy) is 2. The van der Waals surface area contributed by atoms with Gasteiger partial charge in [-0.25, -0.2) is 0 Å². The van der Waals surface area contributed by atoms with Crippen LogP contribution in [0.2, 0.25) is 0 Å². The van der Waals surface area contributed by atoms with E-state index in [0.29, 0.717) is 25.8 Å². The summed E-state index contributed by atoms with van der Waals surface area (Å²) in [6.45, 7) is 3.24. The molecule has 10 heteroatoms. The number of hydrogen-bond acceptors (Lipinski definition) is 8. The molecule has 6 N–H and O–H groups in total. The van der Waals surface area contributed by atoms with Gasteiger partial charge in [0.25, 0.3) is 0 Å². The highest BCUT2D eigenvalue weighted by atomic mass is 16.7. The molecule has 0 aromatic heterocycles. The minimum atomic E-state index is -1.35. The van der Waals surface area contributed by atoms with Crippen LogP contribution in [0.3, 0.4) is 0 Å². The van der Waals surface area contributed by atoms with Crippen LogP contribution < -0.4 is 10.6 Å². The summed E-state index contributed by atoms with van der Waals surface area (Å²) in [7, 11) is 0. The Hall–Kier alpha value is -1.30. The first-order chi connectivity index (χ1) is 12.8. The molecule has 1 aliphatic rings. The zero-order chi connectivity index (χ0) is 20.4. The van der Waals surface area contributed by atoms with Gasteiger partial charge < -0.3 is 40.5 Å². The van der Waals surface area contributed by atoms with Crippen molar-refractivity contribution in [3.63, 3.8) is 0 Å². The molecule has 0 aliphatic carbocycles. The van der Waals surface area contributed by atoms with Crippen molar-refractivity contribution in [1.29, 1.82) is 0 Å². The lowest BCUT2D eigenvalue weighted by molar-refractivity contribution is -0.270. The van der Waals surface area contributed by atoms with E-state index in [1.807, 2.05) is 6.92 Å². The standard InChI is InChI=1S/C17H32N2O8/c1-10(8-20)7-18-13(23)5-3-4-6-26-17-14(19-11(2)22)16(25)15(24)12(9-21)27-17/h10,12,14-17,20-21,24-25H,3-9H2,1-2H3,(H,18,23)(H,19,22)/t10?,12?,14?,15-,16+,17+/m0/s1. The van der Waals surface area contributed by atoms with E-state index in [0.717, 1.165) is 0 Å². The van der Waals surface area contributed by atoms with Crippen molar-refractivity contribution in [1.82, 2.24) is 10.6 Å². The Kier molecular flexibility index (Phi) is 10.7. The third kappa shape index (κ3) is 8.08. The van der Waals surface area contributed by atoms with Crippen LogP contribution in [0.1, 0.15) is 33.1 Å². The van der Waals surface area contributed by atoms with Crippen LogP contribution in [-0.4, -0.2) is 89.2 Å². The lowest BCUT2D eigenvalue weighted by atomic mass is 9.97. The van der Waals surface area contributed by atoms with Gasteiger partial charge in [0.05, 0.1) is 6.61 Å². The van der Waals surface area contributed by atoms with E-state index in [4.69, 9.17) is 14.6 Å². The van der Waals surface area contributed by atoms with E-state index in [9.17, 15) is 24.9 Å². The van der Waals surface area contributed by atoms with Crippen molar-refractivity contribution >= 4 is 11.8 Å². The maximum Gasteiger partial charge on any atom is 0.220 e. The van der Waals surface area contributed by atoms with Crippen molar-refractivity contribution in [2.45, 2.75) is 63.8 Å². The van der Waals surface area contributed by atoms with Gasteiger partial charge in [-0.05, 0) is 18.8 Å². The Morgan fingerprint density at radius 2 is 1.89 bits per heavy atom. The number of unbranched alkanes of at least 4 members (excludes halogenated alkanes) is 1. The molecular weight excluding hydrogens is 360 g/mol. The summed E-state index contributed by atoms with van der Waals surface area (Å²) in [6.07, 6.45) is -3.33. The fourth-order valence-electron chi connectivity index (χ4n) is 2.64. The molecule has 1 rings (SSSR count). The van der Waals surface area contributed by atoms with Crippen LogP contribution in [-0.2, 0) is 19.1 Å². The second-order valence-corrected chi connectivity index (χ2v) is 6.85. The van der Waals surface area contributed by atoms with Gasteiger partial charge in [-0.15, -0.1) is 0 Å². The van der Waals surface area contributed by atoms with E-state index >= 15 is 0 Å². The summed E-state index contributed by atoms with van der Waals surface area (Å²) in [4.78, 5) is 23.0. The number of carbonyl (C=O) groups is 2. The smallest absolute Gasteiger partial charge is 0.220 e. The molecule has 1 heterocycles. The fourth-order valence-corrected chi connectivity index (χ4v) is 2.64. The molecule has 0 saturated carbocycles. The van der Waals surface area contributed by atoms with Crippen LogP contribution in [0.25, 0.3) is 0 Å². The fraction of sp³-hybridized carbons (Fsp3) is 0.882. The normalized spacial score (nSPS) is 29.2. The Labute approximate surface area is 158 Å². The van der Waals surface area contributed by atoms with E-state index in [-0.39, 0.29) is 25.0 Å². The number of aliphatic hydroxyl groups is 4. The third-order valence-electron chi connectivity index (χ3n) is 4.29. The Balaban J connectivity index is 2.39. The van der Waals surface area contributed by atoms with Crippen LogP contribution in [0, 0.1) is 5.92 Å². The molecule has 2 amide bonds. The van der Waals surface area contributed by atoms with Gasteiger partial charge in [-0.3, -0.25) is 9.59 Å². The van der Waals surface area contributed by atoms with Crippen LogP contribution in [0.15, 0.2) is 0 Å². The highest BCUT2D eigenvalue weighted by molar-refractivity contribution is 5.75. The van der Waals surface area contributed by atoms with Gasteiger partial charge in [0.2, 0.25) is 11.8 Å². The number of hydrogen-bond donors (Lipinski definition) is 6. The first-order valence-corrected chi connectivity index (χ1v) is 9.18. The van der Waals surface area contributed by atoms with Crippen LogP contribution in [0.4, 0.5) is 0 Å². The monoisotopic (exact) mass is 392 g/mol. The summed E-state index contributed by atoms with van der Waals surface area (Å²) in [5.41, 5.74) is 0. The largest absolute Gasteiger partial charge is 0.396 e. The molecule has 3 unspecified atom stereocenters. The molecule has 0 aromatic rings. The highest BCUT2D eigenvalue weighted by Crippen LogP contribution is 2.22. The SMILES string of the molecule is CC(=O)NC1[C@H](OCCCCC(=O)NCC(C)CO)OC(CO)[C@H](O)[C@@H]1O. The van der Waals surface area contributed by atoms with Gasteiger partial charge >= 0.3 is 0 Å². The lowest BCUT2D eigenvalue weighted by Gasteiger charge is -2.42. The number of rotatable bonds is 11. The van der Waals surface area contributed by atoms with E-state index in [1.165, 1.54) is 6.92 Å². The molecule has 0 bridgehead atoms. The molecule has 27 heavy (non-hydrogen) atoms. The van der Waals surface area contributed by atoms with Gasteiger partial charge in [-0.1, -0.05) is 6.92 Å². The van der Waals surface area contributed by atoms with Gasteiger partial charge in [0, 0.05) is 33.1 Å². The minimum Gasteiger partial charge on any atom is -0.396 e.